The highest BCUT2D eigenvalue weighted by Crippen LogP contribution is 2.08. The van der Waals surface area contributed by atoms with Gasteiger partial charge in [-0.3, -0.25) is 4.68 Å². The summed E-state index contributed by atoms with van der Waals surface area (Å²) in [6.45, 7) is 6.00. The van der Waals surface area contributed by atoms with Gasteiger partial charge in [-0.2, -0.15) is 5.10 Å². The van der Waals surface area contributed by atoms with Gasteiger partial charge >= 0.3 is 5.97 Å². The van der Waals surface area contributed by atoms with Crippen molar-refractivity contribution in [2.45, 2.75) is 26.8 Å². The fraction of sp³-hybridized carbons (Fsp3) is 0.636. The van der Waals surface area contributed by atoms with Crippen molar-refractivity contribution in [1.29, 1.82) is 0 Å². The van der Waals surface area contributed by atoms with Gasteiger partial charge < -0.3 is 15.6 Å². The van der Waals surface area contributed by atoms with E-state index in [1.165, 1.54) is 10.9 Å². The van der Waals surface area contributed by atoms with Crippen molar-refractivity contribution in [2.75, 3.05) is 18.9 Å². The molecule has 0 aromatic carbocycles. The number of anilines is 1. The Labute approximate surface area is 100 Å². The highest BCUT2D eigenvalue weighted by molar-refractivity contribution is 5.91. The predicted molar refractivity (Wildman–Crippen MR) is 63.9 cm³/mol. The minimum Gasteiger partial charge on any atom is -0.476 e. The van der Waals surface area contributed by atoms with Gasteiger partial charge in [-0.25, -0.2) is 4.79 Å². The van der Waals surface area contributed by atoms with E-state index >= 15 is 0 Å². The van der Waals surface area contributed by atoms with Crippen LogP contribution in [0.5, 0.6) is 0 Å². The average molecular weight is 241 g/mol. The van der Waals surface area contributed by atoms with Crippen LogP contribution in [0, 0.1) is 5.92 Å². The van der Waals surface area contributed by atoms with Crippen LogP contribution in [0.15, 0.2) is 6.20 Å². The molecule has 0 spiro atoms. The Hall–Kier alpha value is -1.56. The van der Waals surface area contributed by atoms with Gasteiger partial charge in [0.1, 0.15) is 0 Å². The molecule has 1 heterocycles. The lowest BCUT2D eigenvalue weighted by Gasteiger charge is -2.06. The molecule has 0 saturated carbocycles. The third kappa shape index (κ3) is 4.44. The summed E-state index contributed by atoms with van der Waals surface area (Å²) in [5.74, 6) is -0.490. The topological polar surface area (TPSA) is 90.4 Å². The first-order valence-electron chi connectivity index (χ1n) is 5.64. The van der Waals surface area contributed by atoms with E-state index in [9.17, 15) is 4.79 Å². The number of hydrogen-bond acceptors (Lipinski definition) is 4. The molecule has 1 aromatic rings. The molecule has 0 saturated heterocycles. The number of nitrogen functional groups attached to an aromatic ring is 1. The molecular weight excluding hydrogens is 222 g/mol. The molecule has 0 bridgehead atoms. The zero-order chi connectivity index (χ0) is 12.8. The van der Waals surface area contributed by atoms with Gasteiger partial charge in [0.05, 0.1) is 18.8 Å². The van der Waals surface area contributed by atoms with Gasteiger partial charge in [0.25, 0.3) is 0 Å². The molecule has 0 aliphatic heterocycles. The number of carboxylic acids is 1. The Bertz CT molecular complexity index is 374. The van der Waals surface area contributed by atoms with E-state index in [0.29, 0.717) is 25.7 Å². The second-order valence-electron chi connectivity index (χ2n) is 4.30. The molecule has 0 aliphatic carbocycles. The largest absolute Gasteiger partial charge is 0.476 e. The molecule has 17 heavy (non-hydrogen) atoms. The lowest BCUT2D eigenvalue weighted by Crippen LogP contribution is -2.09. The van der Waals surface area contributed by atoms with Crippen LogP contribution in [-0.4, -0.2) is 34.1 Å². The Balaban J connectivity index is 2.32. The van der Waals surface area contributed by atoms with Gasteiger partial charge in [-0.05, 0) is 12.3 Å². The second kappa shape index (κ2) is 6.24. The predicted octanol–water partition coefficient (Wildman–Crippen LogP) is 1.23. The van der Waals surface area contributed by atoms with Gasteiger partial charge in [0.2, 0.25) is 0 Å². The molecule has 0 amide bonds. The Morgan fingerprint density at radius 3 is 2.82 bits per heavy atom. The van der Waals surface area contributed by atoms with Crippen LogP contribution < -0.4 is 5.73 Å². The van der Waals surface area contributed by atoms with Crippen molar-refractivity contribution >= 4 is 11.7 Å². The number of ether oxygens (including phenoxy) is 1. The van der Waals surface area contributed by atoms with E-state index in [2.05, 4.69) is 18.9 Å². The Kier molecular flexibility index (Phi) is 4.96. The van der Waals surface area contributed by atoms with Crippen LogP contribution in [0.1, 0.15) is 30.8 Å². The number of hydrogen-bond donors (Lipinski definition) is 2. The van der Waals surface area contributed by atoms with Gasteiger partial charge in [0.15, 0.2) is 5.69 Å². The number of carbonyl (C=O) groups is 1. The first-order valence-corrected chi connectivity index (χ1v) is 5.64. The maximum atomic E-state index is 10.7. The summed E-state index contributed by atoms with van der Waals surface area (Å²) < 4.78 is 6.90. The minimum absolute atomic E-state index is 0.104. The van der Waals surface area contributed by atoms with Crippen molar-refractivity contribution in [1.82, 2.24) is 9.78 Å². The van der Waals surface area contributed by atoms with Crippen LogP contribution in [-0.2, 0) is 11.3 Å². The molecular formula is C11H19N3O3. The highest BCUT2D eigenvalue weighted by Gasteiger charge is 2.12. The van der Waals surface area contributed by atoms with Crippen LogP contribution in [0.2, 0.25) is 0 Å². The summed E-state index contributed by atoms with van der Waals surface area (Å²) in [4.78, 5) is 10.7. The van der Waals surface area contributed by atoms with Crippen molar-refractivity contribution < 1.29 is 14.6 Å². The van der Waals surface area contributed by atoms with Crippen LogP contribution in [0.3, 0.4) is 0 Å². The molecule has 6 heteroatoms. The molecule has 0 fully saturated rings. The van der Waals surface area contributed by atoms with Crippen molar-refractivity contribution in [3.05, 3.63) is 11.9 Å². The maximum Gasteiger partial charge on any atom is 0.358 e. The average Bonchev–Trinajstić information content (AvgIpc) is 2.59. The molecule has 0 atom stereocenters. The van der Waals surface area contributed by atoms with E-state index in [0.717, 1.165) is 6.42 Å². The first kappa shape index (κ1) is 13.5. The molecule has 1 rings (SSSR count). The zero-order valence-corrected chi connectivity index (χ0v) is 10.2. The lowest BCUT2D eigenvalue weighted by atomic mass is 10.1. The van der Waals surface area contributed by atoms with E-state index in [-0.39, 0.29) is 11.4 Å². The Morgan fingerprint density at radius 1 is 1.59 bits per heavy atom. The third-order valence-corrected chi connectivity index (χ3v) is 2.30. The summed E-state index contributed by atoms with van der Waals surface area (Å²) in [5, 5.41) is 12.6. The second-order valence-corrected chi connectivity index (χ2v) is 4.30. The standard InChI is InChI=1S/C11H19N3O3/c1-8(2)3-5-17-6-4-14-7-9(12)10(13-14)11(15)16/h7-8H,3-6,12H2,1-2H3,(H,15,16). The normalized spacial score (nSPS) is 11.0. The zero-order valence-electron chi connectivity index (χ0n) is 10.2. The highest BCUT2D eigenvalue weighted by atomic mass is 16.5. The molecule has 96 valence electrons. The van der Waals surface area contributed by atoms with Crippen LogP contribution >= 0.6 is 0 Å². The van der Waals surface area contributed by atoms with Crippen molar-refractivity contribution in [2.24, 2.45) is 5.92 Å². The summed E-state index contributed by atoms with van der Waals surface area (Å²) >= 11 is 0. The van der Waals surface area contributed by atoms with Gasteiger partial charge in [-0.1, -0.05) is 13.8 Å². The van der Waals surface area contributed by atoms with Crippen LogP contribution in [0.4, 0.5) is 5.69 Å². The number of nitrogens with two attached hydrogens (primary N) is 1. The van der Waals surface area contributed by atoms with Gasteiger partial charge in [0, 0.05) is 12.8 Å². The summed E-state index contributed by atoms with van der Waals surface area (Å²) in [7, 11) is 0. The molecule has 0 aliphatic rings. The number of aromatic nitrogens is 2. The monoisotopic (exact) mass is 241 g/mol. The minimum atomic E-state index is -1.11. The van der Waals surface area contributed by atoms with E-state index in [1.807, 2.05) is 0 Å². The Morgan fingerprint density at radius 2 is 2.29 bits per heavy atom. The quantitative estimate of drug-likeness (QED) is 0.700. The summed E-state index contributed by atoms with van der Waals surface area (Å²) in [6.07, 6.45) is 2.52. The van der Waals surface area contributed by atoms with E-state index < -0.39 is 5.97 Å². The fourth-order valence-corrected chi connectivity index (χ4v) is 1.30. The SMILES string of the molecule is CC(C)CCOCCn1cc(N)c(C(=O)O)n1. The van der Waals surface area contributed by atoms with Crippen LogP contribution in [0.25, 0.3) is 0 Å². The molecule has 0 unspecified atom stereocenters. The van der Waals surface area contributed by atoms with Crippen molar-refractivity contribution in [3.63, 3.8) is 0 Å². The molecule has 0 radical (unpaired) electrons. The van der Waals surface area contributed by atoms with E-state index in [4.69, 9.17) is 15.6 Å². The summed E-state index contributed by atoms with van der Waals surface area (Å²) in [5.41, 5.74) is 5.58. The van der Waals surface area contributed by atoms with Crippen molar-refractivity contribution in [3.8, 4) is 0 Å². The maximum absolute atomic E-state index is 10.7. The molecule has 3 N–H and O–H groups in total. The number of carboxylic acid groups (broad SMARTS) is 1. The molecule has 6 nitrogen and oxygen atoms in total. The first-order chi connectivity index (χ1) is 8.00. The summed E-state index contributed by atoms with van der Waals surface area (Å²) in [6, 6.07) is 0. The third-order valence-electron chi connectivity index (χ3n) is 2.30. The molecule has 1 aromatic heterocycles. The number of rotatable bonds is 7. The fourth-order valence-electron chi connectivity index (χ4n) is 1.30. The number of nitrogens with zero attached hydrogens (tertiary/aromatic N) is 2. The smallest absolute Gasteiger partial charge is 0.358 e. The van der Waals surface area contributed by atoms with Gasteiger partial charge in [-0.15, -0.1) is 0 Å². The lowest BCUT2D eigenvalue weighted by molar-refractivity contribution is 0.0689. The van der Waals surface area contributed by atoms with E-state index in [1.54, 1.807) is 0 Å². The number of aromatic carboxylic acids is 1.